The Morgan fingerprint density at radius 3 is 2.24 bits per heavy atom. The largest absolute Gasteiger partial charge is 0.436 e. The van der Waals surface area contributed by atoms with Gasteiger partial charge in [0, 0.05) is 13.3 Å². The summed E-state index contributed by atoms with van der Waals surface area (Å²) in [5, 5.41) is 0. The van der Waals surface area contributed by atoms with Crippen molar-refractivity contribution in [3.63, 3.8) is 0 Å². The van der Waals surface area contributed by atoms with Gasteiger partial charge < -0.3 is 9.47 Å². The third kappa shape index (κ3) is 4.70. The first-order chi connectivity index (χ1) is 15.8. The molecule has 0 spiro atoms. The maximum absolute atomic E-state index is 11.8. The highest BCUT2D eigenvalue weighted by molar-refractivity contribution is 5.94. The zero-order valence-electron chi connectivity index (χ0n) is 21.0. The summed E-state index contributed by atoms with van der Waals surface area (Å²) in [6, 6.07) is 0. The van der Waals surface area contributed by atoms with Gasteiger partial charge in [0.05, 0.1) is 6.10 Å². The molecule has 6 fully saturated rings. The summed E-state index contributed by atoms with van der Waals surface area (Å²) in [7, 11) is 0. The first-order valence-corrected chi connectivity index (χ1v) is 13.8. The SMILES string of the molecule is C=C(C)C(=O)CCC1CC2CC1C1C3CCC(C3)C21.CC(=O)OC(C)OC1CC2CCC1C2. The molecule has 6 bridgehead atoms. The number of ketones is 1. The molecule has 4 nitrogen and oxygen atoms in total. The van der Waals surface area contributed by atoms with E-state index in [9.17, 15) is 9.59 Å². The van der Waals surface area contributed by atoms with Crippen LogP contribution in [0.15, 0.2) is 12.2 Å². The predicted molar refractivity (Wildman–Crippen MR) is 128 cm³/mol. The van der Waals surface area contributed by atoms with Crippen LogP contribution < -0.4 is 0 Å². The monoisotopic (exact) mass is 456 g/mol. The smallest absolute Gasteiger partial charge is 0.304 e. The van der Waals surface area contributed by atoms with E-state index >= 15 is 0 Å². The van der Waals surface area contributed by atoms with Crippen molar-refractivity contribution in [2.45, 2.75) is 104 Å². The van der Waals surface area contributed by atoms with E-state index < -0.39 is 0 Å². The molecule has 0 amide bonds. The Balaban J connectivity index is 0.000000146. The normalized spacial score (nSPS) is 44.3. The summed E-state index contributed by atoms with van der Waals surface area (Å²) < 4.78 is 10.7. The van der Waals surface area contributed by atoms with E-state index in [2.05, 4.69) is 6.58 Å². The molecule has 4 heteroatoms. The first-order valence-electron chi connectivity index (χ1n) is 13.8. The van der Waals surface area contributed by atoms with Gasteiger partial charge in [0.2, 0.25) is 0 Å². The predicted octanol–water partition coefficient (Wildman–Crippen LogP) is 6.33. The summed E-state index contributed by atoms with van der Waals surface area (Å²) in [4.78, 5) is 22.4. The van der Waals surface area contributed by atoms with Crippen LogP contribution in [-0.4, -0.2) is 24.1 Å². The van der Waals surface area contributed by atoms with Crippen LogP contribution in [0.2, 0.25) is 0 Å². The van der Waals surface area contributed by atoms with Gasteiger partial charge in [0.1, 0.15) is 0 Å². The number of hydrogen-bond acceptors (Lipinski definition) is 4. The van der Waals surface area contributed by atoms with E-state index in [0.29, 0.717) is 11.9 Å². The van der Waals surface area contributed by atoms with Gasteiger partial charge in [-0.05, 0) is 137 Å². The van der Waals surface area contributed by atoms with Crippen LogP contribution in [0.3, 0.4) is 0 Å². The van der Waals surface area contributed by atoms with Gasteiger partial charge in [0.25, 0.3) is 0 Å². The van der Waals surface area contributed by atoms with Crippen LogP contribution >= 0.6 is 0 Å². The molecule has 0 aliphatic heterocycles. The van der Waals surface area contributed by atoms with Gasteiger partial charge in [-0.1, -0.05) is 6.58 Å². The number of hydrogen-bond donors (Lipinski definition) is 0. The van der Waals surface area contributed by atoms with Gasteiger partial charge in [0.15, 0.2) is 12.1 Å². The molecule has 0 N–H and O–H groups in total. The molecule has 6 aliphatic carbocycles. The summed E-state index contributed by atoms with van der Waals surface area (Å²) in [5.74, 6) is 8.87. The van der Waals surface area contributed by atoms with Crippen molar-refractivity contribution in [2.75, 3.05) is 0 Å². The summed E-state index contributed by atoms with van der Waals surface area (Å²) in [6.45, 7) is 8.86. The highest BCUT2D eigenvalue weighted by Crippen LogP contribution is 2.69. The van der Waals surface area contributed by atoms with Crippen LogP contribution in [0.5, 0.6) is 0 Å². The van der Waals surface area contributed by atoms with Crippen molar-refractivity contribution in [3.05, 3.63) is 12.2 Å². The minimum Gasteiger partial charge on any atom is -0.436 e. The van der Waals surface area contributed by atoms with E-state index in [0.717, 1.165) is 78.1 Å². The Kier molecular flexibility index (Phi) is 6.77. The van der Waals surface area contributed by atoms with Gasteiger partial charge in [-0.2, -0.15) is 0 Å². The standard InChI is InChI=1S/C18H26O.C11H18O3/c1-10(2)16(19)6-5-11-7-14-9-15(11)18-13-4-3-12(8-13)17(14)18;1-7(12)13-8(2)14-11-6-9-3-4-10(11)5-9/h11-15,17-18H,1,3-9H2,2H3;8-11H,3-6H2,1-2H3. The second-order valence-corrected chi connectivity index (χ2v) is 12.4. The lowest BCUT2D eigenvalue weighted by molar-refractivity contribution is -0.187. The number of allylic oxidation sites excluding steroid dienone is 1. The van der Waals surface area contributed by atoms with Crippen molar-refractivity contribution in [2.24, 2.45) is 53.3 Å². The second-order valence-electron chi connectivity index (χ2n) is 12.4. The lowest BCUT2D eigenvalue weighted by Gasteiger charge is -2.38. The van der Waals surface area contributed by atoms with Gasteiger partial charge in [-0.15, -0.1) is 0 Å². The summed E-state index contributed by atoms with van der Waals surface area (Å²) >= 11 is 0. The minimum atomic E-state index is -0.378. The molecule has 184 valence electrons. The fraction of sp³-hybridized carbons (Fsp3) is 0.862. The molecule has 33 heavy (non-hydrogen) atoms. The van der Waals surface area contributed by atoms with E-state index in [1.165, 1.54) is 51.9 Å². The zero-order chi connectivity index (χ0) is 23.3. The Morgan fingerprint density at radius 2 is 1.61 bits per heavy atom. The molecular formula is C29H44O4. The average molecular weight is 457 g/mol. The Labute approximate surface area is 200 Å². The third-order valence-electron chi connectivity index (χ3n) is 10.5. The fourth-order valence-corrected chi connectivity index (χ4v) is 9.42. The van der Waals surface area contributed by atoms with Crippen LogP contribution in [-0.2, 0) is 19.1 Å². The Morgan fingerprint density at radius 1 is 0.879 bits per heavy atom. The lowest BCUT2D eigenvalue weighted by atomic mass is 9.66. The van der Waals surface area contributed by atoms with E-state index in [1.807, 2.05) is 6.92 Å². The number of fused-ring (bicyclic) bond motifs is 11. The highest BCUT2D eigenvalue weighted by atomic mass is 16.7. The third-order valence-corrected chi connectivity index (χ3v) is 10.5. The van der Waals surface area contributed by atoms with Crippen LogP contribution in [0.1, 0.15) is 91.4 Å². The molecule has 0 saturated heterocycles. The van der Waals surface area contributed by atoms with E-state index in [4.69, 9.17) is 9.47 Å². The number of carbonyl (C=O) groups excluding carboxylic acids is 2. The molecular weight excluding hydrogens is 412 g/mol. The number of ether oxygens (including phenoxy) is 2. The molecule has 11 unspecified atom stereocenters. The highest BCUT2D eigenvalue weighted by Gasteiger charge is 2.61. The number of rotatable bonds is 7. The average Bonchev–Trinajstić information content (AvgIpc) is 3.58. The summed E-state index contributed by atoms with van der Waals surface area (Å²) in [5.41, 5.74) is 0.751. The Bertz CT molecular complexity index is 774. The molecule has 11 atom stereocenters. The molecule has 0 radical (unpaired) electrons. The molecule has 6 rings (SSSR count). The topological polar surface area (TPSA) is 52.6 Å². The van der Waals surface area contributed by atoms with Crippen LogP contribution in [0.4, 0.5) is 0 Å². The number of carbonyl (C=O) groups is 2. The molecule has 0 heterocycles. The van der Waals surface area contributed by atoms with Crippen molar-refractivity contribution < 1.29 is 19.1 Å². The van der Waals surface area contributed by atoms with Gasteiger partial charge >= 0.3 is 5.97 Å². The maximum atomic E-state index is 11.8. The summed E-state index contributed by atoms with van der Waals surface area (Å²) in [6.07, 6.45) is 14.6. The van der Waals surface area contributed by atoms with Crippen molar-refractivity contribution in [3.8, 4) is 0 Å². The maximum Gasteiger partial charge on any atom is 0.304 e. The molecule has 0 aromatic heterocycles. The first kappa shape index (κ1) is 23.6. The lowest BCUT2D eigenvalue weighted by Crippen LogP contribution is -2.32. The van der Waals surface area contributed by atoms with Crippen molar-refractivity contribution in [1.29, 1.82) is 0 Å². The van der Waals surface area contributed by atoms with E-state index in [-0.39, 0.29) is 12.3 Å². The van der Waals surface area contributed by atoms with Gasteiger partial charge in [-0.3, -0.25) is 9.59 Å². The molecule has 0 aromatic carbocycles. The van der Waals surface area contributed by atoms with Crippen LogP contribution in [0.25, 0.3) is 0 Å². The number of Topliss-reactive ketones (excluding diaryl/α,β-unsaturated/α-hetero) is 1. The quantitative estimate of drug-likeness (QED) is 0.194. The Hall–Kier alpha value is -1.16. The fourth-order valence-electron chi connectivity index (χ4n) is 9.42. The van der Waals surface area contributed by atoms with Crippen molar-refractivity contribution >= 4 is 11.8 Å². The minimum absolute atomic E-state index is 0.263. The van der Waals surface area contributed by atoms with E-state index in [1.54, 1.807) is 13.3 Å². The van der Waals surface area contributed by atoms with Crippen molar-refractivity contribution in [1.82, 2.24) is 0 Å². The van der Waals surface area contributed by atoms with Crippen LogP contribution in [0, 0.1) is 53.3 Å². The second kappa shape index (κ2) is 9.47. The number of esters is 1. The zero-order valence-corrected chi connectivity index (χ0v) is 21.0. The molecule has 6 saturated carbocycles. The van der Waals surface area contributed by atoms with Gasteiger partial charge in [-0.25, -0.2) is 0 Å². The molecule has 6 aliphatic rings. The molecule has 0 aromatic rings.